The van der Waals surface area contributed by atoms with E-state index in [0.29, 0.717) is 5.13 Å². The van der Waals surface area contributed by atoms with Crippen LogP contribution in [-0.4, -0.2) is 56.7 Å². The quantitative estimate of drug-likeness (QED) is 0.876. The number of halogens is 3. The van der Waals surface area contributed by atoms with Crippen molar-refractivity contribution in [1.29, 1.82) is 0 Å². The molecule has 7 nitrogen and oxygen atoms in total. The van der Waals surface area contributed by atoms with Gasteiger partial charge in [-0.1, -0.05) is 0 Å². The van der Waals surface area contributed by atoms with E-state index < -0.39 is 37.2 Å². The fourth-order valence-corrected chi connectivity index (χ4v) is 3.18. The lowest BCUT2D eigenvalue weighted by Crippen LogP contribution is -2.35. The molecule has 1 aliphatic rings. The van der Waals surface area contributed by atoms with Crippen LogP contribution in [0, 0.1) is 11.8 Å². The van der Waals surface area contributed by atoms with E-state index in [1.807, 2.05) is 0 Å². The number of hydrogen-bond donors (Lipinski definition) is 2. The molecule has 130 valence electrons. The highest BCUT2D eigenvalue weighted by atomic mass is 32.1. The van der Waals surface area contributed by atoms with Crippen molar-refractivity contribution in [3.63, 3.8) is 0 Å². The fraction of sp³-hybridized carbons (Fsp3) is 0.462. The van der Waals surface area contributed by atoms with Gasteiger partial charge in [0.05, 0.1) is 5.92 Å². The van der Waals surface area contributed by atoms with Crippen LogP contribution in [0.3, 0.4) is 0 Å². The topological polar surface area (TPSA) is 83.3 Å². The summed E-state index contributed by atoms with van der Waals surface area (Å²) in [7, 11) is 0. The highest BCUT2D eigenvalue weighted by Gasteiger charge is 2.50. The first kappa shape index (κ1) is 16.7. The highest BCUT2D eigenvalue weighted by Crippen LogP contribution is 2.37. The first-order valence-corrected chi connectivity index (χ1v) is 7.95. The summed E-state index contributed by atoms with van der Waals surface area (Å²) in [6.45, 7) is -1.25. The molecule has 2 atom stereocenters. The minimum atomic E-state index is -4.45. The molecule has 1 aliphatic heterocycles. The zero-order valence-corrected chi connectivity index (χ0v) is 13.1. The monoisotopic (exact) mass is 361 g/mol. The third kappa shape index (κ3) is 3.36. The molecule has 2 aromatic rings. The summed E-state index contributed by atoms with van der Waals surface area (Å²) in [5, 5.41) is 18.1. The Hall–Kier alpha value is -2.14. The van der Waals surface area contributed by atoms with Crippen molar-refractivity contribution in [2.45, 2.75) is 6.18 Å². The number of likely N-dealkylation sites (tertiary alicyclic amines) is 1. The molecule has 0 saturated carbocycles. The van der Waals surface area contributed by atoms with Crippen LogP contribution < -0.4 is 5.32 Å². The van der Waals surface area contributed by atoms with E-state index in [1.54, 1.807) is 17.8 Å². The van der Waals surface area contributed by atoms with Gasteiger partial charge in [0.1, 0.15) is 0 Å². The average molecular weight is 361 g/mol. The SMILES string of the molecule is O=C(Nc1ccn(-c2nccs2)n1)N1C[C@@H](CO)[C@H](C(F)(F)F)C1. The number of amides is 2. The Morgan fingerprint density at radius 2 is 2.25 bits per heavy atom. The lowest BCUT2D eigenvalue weighted by Gasteiger charge is -2.19. The summed E-state index contributed by atoms with van der Waals surface area (Å²) in [4.78, 5) is 17.2. The zero-order valence-electron chi connectivity index (χ0n) is 12.3. The number of aliphatic hydroxyl groups excluding tert-OH is 1. The van der Waals surface area contributed by atoms with Gasteiger partial charge in [0, 0.05) is 49.5 Å². The number of carbonyl (C=O) groups excluding carboxylic acids is 1. The van der Waals surface area contributed by atoms with E-state index in [2.05, 4.69) is 15.4 Å². The van der Waals surface area contributed by atoms with E-state index in [0.717, 1.165) is 4.90 Å². The number of nitrogens with zero attached hydrogens (tertiary/aromatic N) is 4. The lowest BCUT2D eigenvalue weighted by atomic mass is 9.97. The number of rotatable bonds is 3. The van der Waals surface area contributed by atoms with Gasteiger partial charge in [-0.25, -0.2) is 14.5 Å². The summed E-state index contributed by atoms with van der Waals surface area (Å²) in [5.74, 6) is -2.52. The molecule has 0 spiro atoms. The lowest BCUT2D eigenvalue weighted by molar-refractivity contribution is -0.182. The summed E-state index contributed by atoms with van der Waals surface area (Å²) in [6.07, 6.45) is -1.25. The van der Waals surface area contributed by atoms with E-state index in [-0.39, 0.29) is 12.4 Å². The van der Waals surface area contributed by atoms with Gasteiger partial charge in [-0.15, -0.1) is 16.4 Å². The molecular formula is C13H14F3N5O2S. The first-order valence-electron chi connectivity index (χ1n) is 7.07. The molecule has 0 bridgehead atoms. The number of aromatic nitrogens is 3. The minimum Gasteiger partial charge on any atom is -0.396 e. The summed E-state index contributed by atoms with van der Waals surface area (Å²) in [5.41, 5.74) is 0. The van der Waals surface area contributed by atoms with Crippen molar-refractivity contribution in [2.75, 3.05) is 25.0 Å². The normalized spacial score (nSPS) is 21.2. The Morgan fingerprint density at radius 3 is 2.83 bits per heavy atom. The summed E-state index contributed by atoms with van der Waals surface area (Å²) < 4.78 is 40.3. The van der Waals surface area contributed by atoms with E-state index in [1.165, 1.54) is 22.1 Å². The maximum absolute atomic E-state index is 12.9. The molecule has 24 heavy (non-hydrogen) atoms. The molecule has 3 rings (SSSR count). The third-order valence-corrected chi connectivity index (χ3v) is 4.58. The van der Waals surface area contributed by atoms with E-state index in [9.17, 15) is 18.0 Å². The number of anilines is 1. The second-order valence-corrected chi connectivity index (χ2v) is 6.26. The largest absolute Gasteiger partial charge is 0.396 e. The van der Waals surface area contributed by atoms with Crippen LogP contribution in [0.15, 0.2) is 23.8 Å². The van der Waals surface area contributed by atoms with Gasteiger partial charge >= 0.3 is 12.2 Å². The van der Waals surface area contributed by atoms with Gasteiger partial charge in [-0.3, -0.25) is 5.32 Å². The zero-order chi connectivity index (χ0) is 17.3. The molecule has 11 heteroatoms. The molecule has 2 amide bonds. The van der Waals surface area contributed by atoms with Gasteiger partial charge < -0.3 is 10.0 Å². The Balaban J connectivity index is 1.65. The number of thiazole rings is 1. The van der Waals surface area contributed by atoms with Gasteiger partial charge in [0.2, 0.25) is 5.13 Å². The highest BCUT2D eigenvalue weighted by molar-refractivity contribution is 7.12. The summed E-state index contributed by atoms with van der Waals surface area (Å²) >= 11 is 1.35. The van der Waals surface area contributed by atoms with Crippen LogP contribution in [0.1, 0.15) is 0 Å². The second kappa shape index (κ2) is 6.40. The molecule has 3 heterocycles. The van der Waals surface area contributed by atoms with Gasteiger partial charge in [0.15, 0.2) is 5.82 Å². The molecule has 0 aliphatic carbocycles. The predicted octanol–water partition coefficient (Wildman–Crippen LogP) is 1.96. The van der Waals surface area contributed by atoms with E-state index in [4.69, 9.17) is 5.11 Å². The van der Waals surface area contributed by atoms with Crippen molar-refractivity contribution in [2.24, 2.45) is 11.8 Å². The van der Waals surface area contributed by atoms with Crippen molar-refractivity contribution < 1.29 is 23.1 Å². The van der Waals surface area contributed by atoms with Crippen molar-refractivity contribution >= 4 is 23.2 Å². The van der Waals surface area contributed by atoms with Crippen LogP contribution in [0.5, 0.6) is 0 Å². The minimum absolute atomic E-state index is 0.153. The average Bonchev–Trinajstić information content (AvgIpc) is 3.25. The van der Waals surface area contributed by atoms with Crippen molar-refractivity contribution in [3.05, 3.63) is 23.8 Å². The molecule has 2 aromatic heterocycles. The van der Waals surface area contributed by atoms with Crippen LogP contribution in [0.2, 0.25) is 0 Å². The fourth-order valence-electron chi connectivity index (χ4n) is 2.61. The Bertz CT molecular complexity index is 703. The molecule has 0 unspecified atom stereocenters. The predicted molar refractivity (Wildman–Crippen MR) is 79.9 cm³/mol. The third-order valence-electron chi connectivity index (χ3n) is 3.82. The number of aliphatic hydroxyl groups is 1. The molecule has 1 fully saturated rings. The molecule has 0 aromatic carbocycles. The molecule has 1 saturated heterocycles. The van der Waals surface area contributed by atoms with Crippen LogP contribution >= 0.6 is 11.3 Å². The van der Waals surface area contributed by atoms with Crippen molar-refractivity contribution in [1.82, 2.24) is 19.7 Å². The number of carbonyl (C=O) groups is 1. The van der Waals surface area contributed by atoms with Gasteiger partial charge in [0.25, 0.3) is 0 Å². The number of nitrogens with one attached hydrogen (secondary N) is 1. The van der Waals surface area contributed by atoms with Gasteiger partial charge in [-0.2, -0.15) is 13.2 Å². The first-order chi connectivity index (χ1) is 11.4. The Labute approximate surface area is 138 Å². The van der Waals surface area contributed by atoms with E-state index >= 15 is 0 Å². The maximum Gasteiger partial charge on any atom is 0.393 e. The van der Waals surface area contributed by atoms with Crippen LogP contribution in [0.25, 0.3) is 5.13 Å². The molecular weight excluding hydrogens is 347 g/mol. The van der Waals surface area contributed by atoms with Gasteiger partial charge in [-0.05, 0) is 0 Å². The van der Waals surface area contributed by atoms with Crippen LogP contribution in [0.4, 0.5) is 23.8 Å². The number of urea groups is 1. The van der Waals surface area contributed by atoms with Crippen LogP contribution in [-0.2, 0) is 0 Å². The molecule has 0 radical (unpaired) electrons. The number of alkyl halides is 3. The molecule has 2 N–H and O–H groups in total. The second-order valence-electron chi connectivity index (χ2n) is 5.39. The Morgan fingerprint density at radius 1 is 1.46 bits per heavy atom. The van der Waals surface area contributed by atoms with Crippen molar-refractivity contribution in [3.8, 4) is 5.13 Å². The Kier molecular flexibility index (Phi) is 4.45. The number of hydrogen-bond acceptors (Lipinski definition) is 5. The standard InChI is InChI=1S/C13H14F3N5O2S/c14-13(15,16)9-6-20(5-8(9)7-22)11(23)18-10-1-3-21(19-10)12-17-2-4-24-12/h1-4,8-9,22H,5-7H2,(H,18,19,23)/t8-,9+/m0/s1. The smallest absolute Gasteiger partial charge is 0.393 e. The summed E-state index contributed by atoms with van der Waals surface area (Å²) in [6, 6.07) is 0.852. The maximum atomic E-state index is 12.9.